The van der Waals surface area contributed by atoms with Crippen LogP contribution in [0.2, 0.25) is 5.15 Å². The van der Waals surface area contributed by atoms with Crippen LogP contribution >= 0.6 is 23.4 Å². The van der Waals surface area contributed by atoms with Crippen LogP contribution in [0.3, 0.4) is 0 Å². The molecule has 6 heteroatoms. The van der Waals surface area contributed by atoms with Gasteiger partial charge < -0.3 is 0 Å². The molecule has 4 nitrogen and oxygen atoms in total. The lowest BCUT2D eigenvalue weighted by atomic mass is 10.1. The maximum Gasteiger partial charge on any atom is 0.189 e. The number of aromatic nitrogens is 3. The fourth-order valence-corrected chi connectivity index (χ4v) is 1.95. The zero-order valence-electron chi connectivity index (χ0n) is 8.88. The molecule has 0 amide bonds. The summed E-state index contributed by atoms with van der Waals surface area (Å²) in [4.78, 5) is 12.3. The Hall–Kier alpha value is -1.64. The highest BCUT2D eigenvalue weighted by molar-refractivity contribution is 7.98. The van der Waals surface area contributed by atoms with E-state index in [2.05, 4.69) is 15.0 Å². The van der Waals surface area contributed by atoms with Crippen LogP contribution < -0.4 is 0 Å². The summed E-state index contributed by atoms with van der Waals surface area (Å²) in [5, 5.41) is 9.81. The normalized spacial score (nSPS) is 9.94. The molecule has 0 spiro atoms. The van der Waals surface area contributed by atoms with Crippen molar-refractivity contribution in [2.24, 2.45) is 0 Å². The lowest BCUT2D eigenvalue weighted by Crippen LogP contribution is -1.96. The van der Waals surface area contributed by atoms with Gasteiger partial charge in [-0.05, 0) is 18.4 Å². The number of halogens is 1. The second-order valence-corrected chi connectivity index (χ2v) is 4.20. The van der Waals surface area contributed by atoms with E-state index in [0.717, 1.165) is 5.56 Å². The summed E-state index contributed by atoms with van der Waals surface area (Å²) >= 11 is 7.34. The average Bonchev–Trinajstić information content (AvgIpc) is 2.38. The van der Waals surface area contributed by atoms with Crippen LogP contribution in [0.4, 0.5) is 0 Å². The third-order valence-corrected chi connectivity index (χ3v) is 2.91. The van der Waals surface area contributed by atoms with E-state index < -0.39 is 0 Å². The third kappa shape index (κ3) is 2.38. The quantitative estimate of drug-likeness (QED) is 0.473. The molecule has 0 atom stereocenters. The molecule has 0 aliphatic rings. The van der Waals surface area contributed by atoms with Crippen molar-refractivity contribution in [1.82, 2.24) is 15.0 Å². The number of rotatable bonds is 2. The molecule has 0 aliphatic carbocycles. The van der Waals surface area contributed by atoms with Gasteiger partial charge in [-0.3, -0.25) is 4.98 Å². The maximum absolute atomic E-state index is 9.09. The van der Waals surface area contributed by atoms with Crippen LogP contribution in [-0.2, 0) is 0 Å². The van der Waals surface area contributed by atoms with Gasteiger partial charge in [-0.25, -0.2) is 9.97 Å². The van der Waals surface area contributed by atoms with Crippen LogP contribution in [-0.4, -0.2) is 21.2 Å². The number of pyridine rings is 1. The van der Waals surface area contributed by atoms with E-state index in [9.17, 15) is 0 Å². The van der Waals surface area contributed by atoms with Crippen LogP contribution in [0.15, 0.2) is 29.7 Å². The van der Waals surface area contributed by atoms with Crippen molar-refractivity contribution in [2.75, 3.05) is 6.26 Å². The van der Waals surface area contributed by atoms with Crippen molar-refractivity contribution in [3.05, 3.63) is 35.2 Å². The lowest BCUT2D eigenvalue weighted by Gasteiger charge is -2.06. The van der Waals surface area contributed by atoms with Crippen LogP contribution in [0.1, 0.15) is 5.56 Å². The van der Waals surface area contributed by atoms with Gasteiger partial charge in [0.05, 0.1) is 5.69 Å². The van der Waals surface area contributed by atoms with Crippen LogP contribution in [0.5, 0.6) is 0 Å². The van der Waals surface area contributed by atoms with Gasteiger partial charge in [0.1, 0.15) is 11.6 Å². The molecule has 0 aliphatic heterocycles. The van der Waals surface area contributed by atoms with E-state index in [-0.39, 0.29) is 10.7 Å². The van der Waals surface area contributed by atoms with Gasteiger partial charge in [0.2, 0.25) is 0 Å². The fraction of sp³-hybridized carbons (Fsp3) is 0.0909. The Morgan fingerprint density at radius 3 is 2.59 bits per heavy atom. The second kappa shape index (κ2) is 5.13. The molecule has 0 bridgehead atoms. The van der Waals surface area contributed by atoms with Gasteiger partial charge >= 0.3 is 0 Å². The van der Waals surface area contributed by atoms with Crippen molar-refractivity contribution < 1.29 is 0 Å². The summed E-state index contributed by atoms with van der Waals surface area (Å²) in [6.07, 6.45) is 5.14. The summed E-state index contributed by atoms with van der Waals surface area (Å²) in [5.41, 5.74) is 1.63. The number of nitriles is 1. The smallest absolute Gasteiger partial charge is 0.189 e. The largest absolute Gasteiger partial charge is 0.265 e. The van der Waals surface area contributed by atoms with E-state index in [1.54, 1.807) is 24.5 Å². The second-order valence-electron chi connectivity index (χ2n) is 3.07. The van der Waals surface area contributed by atoms with E-state index in [0.29, 0.717) is 10.9 Å². The molecule has 0 unspecified atom stereocenters. The summed E-state index contributed by atoms with van der Waals surface area (Å²) in [7, 11) is 0. The Labute approximate surface area is 108 Å². The topological polar surface area (TPSA) is 62.5 Å². The van der Waals surface area contributed by atoms with Crippen LogP contribution in [0, 0.1) is 11.3 Å². The summed E-state index contributed by atoms with van der Waals surface area (Å²) in [5.74, 6) is 0. The molecule has 2 heterocycles. The van der Waals surface area contributed by atoms with Gasteiger partial charge in [0.25, 0.3) is 0 Å². The number of hydrogen-bond donors (Lipinski definition) is 0. The highest BCUT2D eigenvalue weighted by Gasteiger charge is 2.13. The summed E-state index contributed by atoms with van der Waals surface area (Å²) in [6, 6.07) is 5.59. The zero-order chi connectivity index (χ0) is 12.3. The number of thioether (sulfide) groups is 1. The monoisotopic (exact) mass is 262 g/mol. The molecule has 84 valence electrons. The fourth-order valence-electron chi connectivity index (χ4n) is 1.32. The Bertz CT molecular complexity index is 580. The van der Waals surface area contributed by atoms with Crippen molar-refractivity contribution in [2.45, 2.75) is 5.16 Å². The Morgan fingerprint density at radius 2 is 2.00 bits per heavy atom. The average molecular weight is 263 g/mol. The Morgan fingerprint density at radius 1 is 1.29 bits per heavy atom. The molecule has 0 N–H and O–H groups in total. The first-order chi connectivity index (χ1) is 8.26. The molecule has 0 fully saturated rings. The van der Waals surface area contributed by atoms with Gasteiger partial charge in [-0.2, -0.15) is 5.26 Å². The van der Waals surface area contributed by atoms with Gasteiger partial charge in [0, 0.05) is 18.0 Å². The van der Waals surface area contributed by atoms with Gasteiger partial charge in [-0.1, -0.05) is 23.4 Å². The van der Waals surface area contributed by atoms with Crippen molar-refractivity contribution in [1.29, 1.82) is 5.26 Å². The first-order valence-corrected chi connectivity index (χ1v) is 6.28. The molecule has 0 saturated carbocycles. The molecular weight excluding hydrogens is 256 g/mol. The van der Waals surface area contributed by atoms with Crippen molar-refractivity contribution in [3.63, 3.8) is 0 Å². The Balaban J connectivity index is 2.68. The third-order valence-electron chi connectivity index (χ3n) is 2.09. The predicted octanol–water partition coefficient (Wildman–Crippen LogP) is 2.79. The predicted molar refractivity (Wildman–Crippen MR) is 66.8 cm³/mol. The first kappa shape index (κ1) is 11.8. The maximum atomic E-state index is 9.09. The van der Waals surface area contributed by atoms with Crippen molar-refractivity contribution >= 4 is 23.4 Å². The van der Waals surface area contributed by atoms with E-state index >= 15 is 0 Å². The number of hydrogen-bond acceptors (Lipinski definition) is 5. The first-order valence-electron chi connectivity index (χ1n) is 4.68. The zero-order valence-corrected chi connectivity index (χ0v) is 10.5. The highest BCUT2D eigenvalue weighted by Crippen LogP contribution is 2.27. The molecule has 0 radical (unpaired) electrons. The van der Waals surface area contributed by atoms with Gasteiger partial charge in [-0.15, -0.1) is 0 Å². The minimum Gasteiger partial charge on any atom is -0.265 e. The molecule has 2 aromatic heterocycles. The van der Waals surface area contributed by atoms with E-state index in [4.69, 9.17) is 16.9 Å². The molecule has 0 saturated heterocycles. The molecule has 2 aromatic rings. The minimum atomic E-state index is 0.179. The number of nitrogens with zero attached hydrogens (tertiary/aromatic N) is 4. The summed E-state index contributed by atoms with van der Waals surface area (Å²) < 4.78 is 0. The van der Waals surface area contributed by atoms with E-state index in [1.165, 1.54) is 11.8 Å². The molecule has 17 heavy (non-hydrogen) atoms. The molecular formula is C11H7ClN4S. The minimum absolute atomic E-state index is 0.179. The Kier molecular flexibility index (Phi) is 3.57. The lowest BCUT2D eigenvalue weighted by molar-refractivity contribution is 0.969. The standard InChI is InChI=1S/C11H7ClN4S/c1-17-11-15-9(7-2-4-14-5-3-7)8(6-13)10(12)16-11/h2-5H,1H3. The summed E-state index contributed by atoms with van der Waals surface area (Å²) in [6.45, 7) is 0. The van der Waals surface area contributed by atoms with Crippen molar-refractivity contribution in [3.8, 4) is 17.3 Å². The molecule has 0 aromatic carbocycles. The SMILES string of the molecule is CSc1nc(Cl)c(C#N)c(-c2ccncc2)n1. The highest BCUT2D eigenvalue weighted by atomic mass is 35.5. The molecule has 2 rings (SSSR count). The van der Waals surface area contributed by atoms with Gasteiger partial charge in [0.15, 0.2) is 10.3 Å². The van der Waals surface area contributed by atoms with Crippen LogP contribution in [0.25, 0.3) is 11.3 Å². The van der Waals surface area contributed by atoms with E-state index in [1.807, 2.05) is 12.3 Å².